The first-order valence-corrected chi connectivity index (χ1v) is 4.17. The minimum Gasteiger partial charge on any atom is -0.375 e. The third kappa shape index (κ3) is 3.65. The fourth-order valence-electron chi connectivity index (χ4n) is 0.882. The van der Waals surface area contributed by atoms with Crippen molar-refractivity contribution in [2.75, 3.05) is 19.8 Å². The maximum atomic E-state index is 5.28. The Bertz CT molecular complexity index is 134. The number of hydrogen-bond donors (Lipinski definition) is 1. The van der Waals surface area contributed by atoms with Crippen LogP contribution in [0.25, 0.3) is 0 Å². The van der Waals surface area contributed by atoms with E-state index in [1.165, 1.54) is 0 Å². The summed E-state index contributed by atoms with van der Waals surface area (Å²) in [5.41, 5.74) is 0. The van der Waals surface area contributed by atoms with E-state index in [-0.39, 0.29) is 6.29 Å². The van der Waals surface area contributed by atoms with Crippen molar-refractivity contribution in [1.29, 1.82) is 0 Å². The van der Waals surface area contributed by atoms with Crippen molar-refractivity contribution in [3.05, 3.63) is 0 Å². The third-order valence-electron chi connectivity index (χ3n) is 1.41. The molecule has 64 valence electrons. The van der Waals surface area contributed by atoms with Crippen molar-refractivity contribution >= 4 is 17.2 Å². The first kappa shape index (κ1) is 8.90. The van der Waals surface area contributed by atoms with Crippen LogP contribution in [0.2, 0.25) is 0 Å². The van der Waals surface area contributed by atoms with Crippen LogP contribution in [-0.2, 0) is 9.47 Å². The Balaban J connectivity index is 2.09. The standard InChI is InChI=1S/C7H13NO2S/c1-6(11)8-5-7-9-3-2-4-10-7/h7H,2-5H2,1H3,(H,8,11). The molecular weight excluding hydrogens is 162 g/mol. The van der Waals surface area contributed by atoms with Gasteiger partial charge in [0.1, 0.15) is 0 Å². The average Bonchev–Trinajstić information content (AvgIpc) is 2.03. The molecule has 0 radical (unpaired) electrons. The number of nitrogens with one attached hydrogen (secondary N) is 1. The van der Waals surface area contributed by atoms with Crippen molar-refractivity contribution in [3.63, 3.8) is 0 Å². The molecule has 0 unspecified atom stereocenters. The lowest BCUT2D eigenvalue weighted by Gasteiger charge is -2.23. The summed E-state index contributed by atoms with van der Waals surface area (Å²) in [6.07, 6.45) is 0.884. The Morgan fingerprint density at radius 1 is 1.55 bits per heavy atom. The van der Waals surface area contributed by atoms with Gasteiger partial charge in [-0.15, -0.1) is 0 Å². The predicted octanol–water partition coefficient (Wildman–Crippen LogP) is 0.686. The van der Waals surface area contributed by atoms with Crippen LogP contribution in [0.3, 0.4) is 0 Å². The van der Waals surface area contributed by atoms with Crippen LogP contribution in [0.1, 0.15) is 13.3 Å². The molecule has 3 nitrogen and oxygen atoms in total. The molecule has 11 heavy (non-hydrogen) atoms. The highest BCUT2D eigenvalue weighted by Gasteiger charge is 2.12. The van der Waals surface area contributed by atoms with Crippen LogP contribution in [-0.4, -0.2) is 31.0 Å². The molecule has 1 N–H and O–H groups in total. The van der Waals surface area contributed by atoms with Gasteiger partial charge < -0.3 is 14.8 Å². The molecule has 0 bridgehead atoms. The van der Waals surface area contributed by atoms with E-state index in [4.69, 9.17) is 21.7 Å². The minimum atomic E-state index is -0.110. The molecular formula is C7H13NO2S. The minimum absolute atomic E-state index is 0.110. The van der Waals surface area contributed by atoms with Crippen molar-refractivity contribution < 1.29 is 9.47 Å². The molecule has 1 heterocycles. The van der Waals surface area contributed by atoms with E-state index >= 15 is 0 Å². The average molecular weight is 175 g/mol. The maximum Gasteiger partial charge on any atom is 0.174 e. The van der Waals surface area contributed by atoms with Crippen molar-refractivity contribution in [3.8, 4) is 0 Å². The molecule has 4 heteroatoms. The Morgan fingerprint density at radius 2 is 2.18 bits per heavy atom. The van der Waals surface area contributed by atoms with Gasteiger partial charge in [0.2, 0.25) is 0 Å². The van der Waals surface area contributed by atoms with Crippen molar-refractivity contribution in [2.45, 2.75) is 19.6 Å². The summed E-state index contributed by atoms with van der Waals surface area (Å²) >= 11 is 4.84. The van der Waals surface area contributed by atoms with E-state index in [1.807, 2.05) is 6.92 Å². The quantitative estimate of drug-likeness (QED) is 0.625. The van der Waals surface area contributed by atoms with Gasteiger partial charge in [-0.3, -0.25) is 0 Å². The zero-order valence-electron chi connectivity index (χ0n) is 6.63. The monoisotopic (exact) mass is 175 g/mol. The summed E-state index contributed by atoms with van der Waals surface area (Å²) < 4.78 is 10.6. The molecule has 1 aliphatic heterocycles. The fourth-order valence-corrected chi connectivity index (χ4v) is 0.965. The Kier molecular flexibility index (Phi) is 3.76. The maximum absolute atomic E-state index is 5.28. The Labute approximate surface area is 72.1 Å². The Morgan fingerprint density at radius 3 is 2.73 bits per heavy atom. The summed E-state index contributed by atoms with van der Waals surface area (Å²) in [7, 11) is 0. The van der Waals surface area contributed by atoms with Crippen LogP contribution >= 0.6 is 12.2 Å². The largest absolute Gasteiger partial charge is 0.375 e. The second kappa shape index (κ2) is 4.64. The predicted molar refractivity (Wildman–Crippen MR) is 46.6 cm³/mol. The lowest BCUT2D eigenvalue weighted by Crippen LogP contribution is -2.36. The van der Waals surface area contributed by atoms with Crippen LogP contribution < -0.4 is 5.32 Å². The molecule has 1 saturated heterocycles. The molecule has 0 amide bonds. The zero-order chi connectivity index (χ0) is 8.10. The van der Waals surface area contributed by atoms with Crippen LogP contribution in [0.4, 0.5) is 0 Å². The number of thiocarbonyl (C=S) groups is 1. The summed E-state index contributed by atoms with van der Waals surface area (Å²) in [6, 6.07) is 0. The van der Waals surface area contributed by atoms with E-state index in [9.17, 15) is 0 Å². The number of ether oxygens (including phenoxy) is 2. The molecule has 0 aromatic rings. The summed E-state index contributed by atoms with van der Waals surface area (Å²) in [5, 5.41) is 3.00. The summed E-state index contributed by atoms with van der Waals surface area (Å²) in [4.78, 5) is 0.780. The van der Waals surface area contributed by atoms with Gasteiger partial charge >= 0.3 is 0 Å². The van der Waals surface area contributed by atoms with Crippen LogP contribution in [0.15, 0.2) is 0 Å². The molecule has 1 rings (SSSR count). The Hall–Kier alpha value is -0.190. The summed E-state index contributed by atoms with van der Waals surface area (Å²) in [5.74, 6) is 0. The molecule has 1 aliphatic rings. The summed E-state index contributed by atoms with van der Waals surface area (Å²) in [6.45, 7) is 4.10. The smallest absolute Gasteiger partial charge is 0.174 e. The topological polar surface area (TPSA) is 30.5 Å². The van der Waals surface area contributed by atoms with Gasteiger partial charge in [0.25, 0.3) is 0 Å². The van der Waals surface area contributed by atoms with Gasteiger partial charge in [-0.05, 0) is 13.3 Å². The molecule has 0 aliphatic carbocycles. The number of rotatable bonds is 2. The number of hydrogen-bond acceptors (Lipinski definition) is 3. The van der Waals surface area contributed by atoms with Crippen LogP contribution in [0.5, 0.6) is 0 Å². The molecule has 0 spiro atoms. The third-order valence-corrected chi connectivity index (χ3v) is 1.56. The van der Waals surface area contributed by atoms with Gasteiger partial charge in [0, 0.05) is 0 Å². The van der Waals surface area contributed by atoms with E-state index in [2.05, 4.69) is 5.32 Å². The first-order valence-electron chi connectivity index (χ1n) is 3.76. The second-order valence-corrected chi connectivity index (χ2v) is 3.07. The van der Waals surface area contributed by atoms with Crippen molar-refractivity contribution in [1.82, 2.24) is 5.32 Å². The van der Waals surface area contributed by atoms with Gasteiger partial charge in [-0.25, -0.2) is 0 Å². The highest BCUT2D eigenvalue weighted by Crippen LogP contribution is 2.02. The van der Waals surface area contributed by atoms with Gasteiger partial charge in [-0.1, -0.05) is 12.2 Å². The lowest BCUT2D eigenvalue weighted by atomic mass is 10.4. The normalized spacial score (nSPS) is 19.7. The van der Waals surface area contributed by atoms with E-state index in [0.717, 1.165) is 24.6 Å². The second-order valence-electron chi connectivity index (χ2n) is 2.46. The molecule has 0 atom stereocenters. The van der Waals surface area contributed by atoms with Gasteiger partial charge in [-0.2, -0.15) is 0 Å². The van der Waals surface area contributed by atoms with Crippen molar-refractivity contribution in [2.24, 2.45) is 0 Å². The lowest BCUT2D eigenvalue weighted by molar-refractivity contribution is -0.173. The highest BCUT2D eigenvalue weighted by molar-refractivity contribution is 7.80. The SMILES string of the molecule is CC(=S)NCC1OCCCO1. The highest BCUT2D eigenvalue weighted by atomic mass is 32.1. The molecule has 0 aromatic heterocycles. The first-order chi connectivity index (χ1) is 5.29. The van der Waals surface area contributed by atoms with Crippen LogP contribution in [0, 0.1) is 0 Å². The van der Waals surface area contributed by atoms with E-state index in [1.54, 1.807) is 0 Å². The molecule has 1 fully saturated rings. The molecule has 0 saturated carbocycles. The van der Waals surface area contributed by atoms with Gasteiger partial charge in [0.15, 0.2) is 6.29 Å². The fraction of sp³-hybridized carbons (Fsp3) is 0.857. The van der Waals surface area contributed by atoms with E-state index < -0.39 is 0 Å². The zero-order valence-corrected chi connectivity index (χ0v) is 7.45. The molecule has 0 aromatic carbocycles. The van der Waals surface area contributed by atoms with E-state index in [0.29, 0.717) is 6.54 Å². The van der Waals surface area contributed by atoms with Gasteiger partial charge in [0.05, 0.1) is 24.7 Å².